The molecule has 0 radical (unpaired) electrons. The molecule has 30 heavy (non-hydrogen) atoms. The van der Waals surface area contributed by atoms with Gasteiger partial charge in [0.1, 0.15) is 0 Å². The highest BCUT2D eigenvalue weighted by molar-refractivity contribution is 7.93. The van der Waals surface area contributed by atoms with E-state index in [2.05, 4.69) is 9.71 Å². The van der Waals surface area contributed by atoms with Gasteiger partial charge in [0, 0.05) is 19.2 Å². The summed E-state index contributed by atoms with van der Waals surface area (Å²) in [6, 6.07) is 23.1. The molecule has 152 valence electrons. The average Bonchev–Trinajstić information content (AvgIpc) is 3.15. The zero-order valence-electron chi connectivity index (χ0n) is 16.1. The Labute approximate surface area is 178 Å². The summed E-state index contributed by atoms with van der Waals surface area (Å²) in [5.41, 5.74) is 2.21. The topological polar surface area (TPSA) is 79.4 Å². The van der Waals surface area contributed by atoms with E-state index in [9.17, 15) is 13.2 Å². The number of nitrogens with one attached hydrogen (secondary N) is 1. The highest BCUT2D eigenvalue weighted by Crippen LogP contribution is 2.29. The summed E-state index contributed by atoms with van der Waals surface area (Å²) in [6.45, 7) is 0.503. The predicted octanol–water partition coefficient (Wildman–Crippen LogP) is 4.37. The zero-order valence-corrected chi connectivity index (χ0v) is 17.8. The van der Waals surface area contributed by atoms with Crippen LogP contribution in [0.25, 0.3) is 10.2 Å². The molecule has 1 aromatic heterocycles. The lowest BCUT2D eigenvalue weighted by atomic mass is 10.1. The Morgan fingerprint density at radius 2 is 1.67 bits per heavy atom. The first-order chi connectivity index (χ1) is 14.4. The van der Waals surface area contributed by atoms with Crippen LogP contribution in [0.1, 0.15) is 15.9 Å². The van der Waals surface area contributed by atoms with E-state index >= 15 is 0 Å². The molecule has 0 saturated carbocycles. The fourth-order valence-corrected chi connectivity index (χ4v) is 5.19. The SMILES string of the molecule is CN(Cc1ccccc1)C(=O)c1ccc2nc(NS(=O)(=O)c3ccccc3)sc2c1. The van der Waals surface area contributed by atoms with Crippen molar-refractivity contribution in [1.29, 1.82) is 0 Å². The fourth-order valence-electron chi connectivity index (χ4n) is 3.02. The van der Waals surface area contributed by atoms with E-state index in [4.69, 9.17) is 0 Å². The Morgan fingerprint density at radius 3 is 2.37 bits per heavy atom. The van der Waals surface area contributed by atoms with Crippen LogP contribution in [0, 0.1) is 0 Å². The van der Waals surface area contributed by atoms with Crippen LogP contribution in [0.2, 0.25) is 0 Å². The molecule has 0 unspecified atom stereocenters. The number of aromatic nitrogens is 1. The first-order valence-electron chi connectivity index (χ1n) is 9.20. The molecule has 3 aromatic carbocycles. The molecular weight excluding hydrogens is 418 g/mol. The van der Waals surface area contributed by atoms with Gasteiger partial charge in [-0.3, -0.25) is 9.52 Å². The first-order valence-corrected chi connectivity index (χ1v) is 11.5. The van der Waals surface area contributed by atoms with Gasteiger partial charge in [0.05, 0.1) is 15.1 Å². The molecule has 4 aromatic rings. The average molecular weight is 438 g/mol. The maximum Gasteiger partial charge on any atom is 0.263 e. The lowest BCUT2D eigenvalue weighted by molar-refractivity contribution is 0.0785. The molecule has 0 fully saturated rings. The third kappa shape index (κ3) is 4.34. The zero-order chi connectivity index (χ0) is 21.1. The van der Waals surface area contributed by atoms with Crippen molar-refractivity contribution >= 4 is 42.6 Å². The van der Waals surface area contributed by atoms with Gasteiger partial charge in [-0.1, -0.05) is 59.9 Å². The van der Waals surface area contributed by atoms with Crippen LogP contribution in [-0.2, 0) is 16.6 Å². The van der Waals surface area contributed by atoms with Crippen molar-refractivity contribution in [2.75, 3.05) is 11.8 Å². The molecule has 0 saturated heterocycles. The van der Waals surface area contributed by atoms with Crippen LogP contribution in [-0.4, -0.2) is 31.3 Å². The Morgan fingerprint density at radius 1 is 1.00 bits per heavy atom. The van der Waals surface area contributed by atoms with E-state index < -0.39 is 10.0 Å². The van der Waals surface area contributed by atoms with Gasteiger partial charge in [0.25, 0.3) is 15.9 Å². The van der Waals surface area contributed by atoms with Crippen molar-refractivity contribution in [3.05, 3.63) is 90.0 Å². The highest BCUT2D eigenvalue weighted by Gasteiger charge is 2.18. The number of thiazole rings is 1. The molecule has 0 bridgehead atoms. The maximum absolute atomic E-state index is 12.8. The Kier molecular flexibility index (Phi) is 5.52. The minimum atomic E-state index is -3.71. The largest absolute Gasteiger partial charge is 0.337 e. The molecular formula is C22H19N3O3S2. The van der Waals surface area contributed by atoms with Gasteiger partial charge in [-0.25, -0.2) is 13.4 Å². The summed E-state index contributed by atoms with van der Waals surface area (Å²) in [5, 5.41) is 0.260. The normalized spacial score (nSPS) is 11.4. The molecule has 0 spiro atoms. The van der Waals surface area contributed by atoms with Gasteiger partial charge in [0.2, 0.25) is 0 Å². The van der Waals surface area contributed by atoms with Gasteiger partial charge < -0.3 is 4.90 Å². The highest BCUT2D eigenvalue weighted by atomic mass is 32.2. The predicted molar refractivity (Wildman–Crippen MR) is 119 cm³/mol. The van der Waals surface area contributed by atoms with Crippen molar-refractivity contribution in [3.8, 4) is 0 Å². The second kappa shape index (κ2) is 8.25. The molecule has 8 heteroatoms. The molecule has 1 heterocycles. The standard InChI is InChI=1S/C22H19N3O3S2/c1-25(15-16-8-4-2-5-9-16)21(26)17-12-13-19-20(14-17)29-22(23-19)24-30(27,28)18-10-6-3-7-11-18/h2-14H,15H2,1H3,(H,23,24). The monoisotopic (exact) mass is 437 g/mol. The molecule has 6 nitrogen and oxygen atoms in total. The summed E-state index contributed by atoms with van der Waals surface area (Å²) < 4.78 is 28.3. The van der Waals surface area contributed by atoms with Crippen LogP contribution >= 0.6 is 11.3 Å². The Balaban J connectivity index is 1.54. The number of nitrogens with zero attached hydrogens (tertiary/aromatic N) is 2. The van der Waals surface area contributed by atoms with Crippen LogP contribution < -0.4 is 4.72 Å². The number of carbonyl (C=O) groups is 1. The van der Waals surface area contributed by atoms with E-state index in [0.29, 0.717) is 17.6 Å². The second-order valence-electron chi connectivity index (χ2n) is 6.77. The number of sulfonamides is 1. The Bertz CT molecular complexity index is 1290. The number of anilines is 1. The lowest BCUT2D eigenvalue weighted by Gasteiger charge is -2.17. The third-order valence-corrected chi connectivity index (χ3v) is 6.94. The number of hydrogen-bond donors (Lipinski definition) is 1. The van der Waals surface area contributed by atoms with Crippen molar-refractivity contribution < 1.29 is 13.2 Å². The van der Waals surface area contributed by atoms with Crippen LogP contribution in [0.3, 0.4) is 0 Å². The number of fused-ring (bicyclic) bond motifs is 1. The number of benzene rings is 3. The number of carbonyl (C=O) groups excluding carboxylic acids is 1. The van der Waals surface area contributed by atoms with E-state index in [1.54, 1.807) is 48.3 Å². The fraction of sp³-hybridized carbons (Fsp3) is 0.0909. The van der Waals surface area contributed by atoms with Gasteiger partial charge in [0.15, 0.2) is 5.13 Å². The first kappa shape index (κ1) is 20.1. The maximum atomic E-state index is 12.8. The molecule has 0 aliphatic rings. The van der Waals surface area contributed by atoms with Crippen molar-refractivity contribution in [2.24, 2.45) is 0 Å². The minimum Gasteiger partial charge on any atom is -0.337 e. The Hall–Kier alpha value is -3.23. The quantitative estimate of drug-likeness (QED) is 0.486. The van der Waals surface area contributed by atoms with Gasteiger partial charge >= 0.3 is 0 Å². The second-order valence-corrected chi connectivity index (χ2v) is 9.48. The summed E-state index contributed by atoms with van der Waals surface area (Å²) in [5.74, 6) is -0.111. The van der Waals surface area contributed by atoms with Gasteiger partial charge in [-0.15, -0.1) is 0 Å². The number of amides is 1. The molecule has 1 amide bonds. The third-order valence-electron chi connectivity index (χ3n) is 4.52. The van der Waals surface area contributed by atoms with Gasteiger partial charge in [-0.05, 0) is 35.9 Å². The van der Waals surface area contributed by atoms with E-state index in [1.165, 1.54) is 23.5 Å². The summed E-state index contributed by atoms with van der Waals surface area (Å²) in [7, 11) is -1.96. The summed E-state index contributed by atoms with van der Waals surface area (Å²) in [6.07, 6.45) is 0. The molecule has 1 N–H and O–H groups in total. The van der Waals surface area contributed by atoms with Crippen LogP contribution in [0.5, 0.6) is 0 Å². The molecule has 0 atom stereocenters. The van der Waals surface area contributed by atoms with Crippen molar-refractivity contribution in [1.82, 2.24) is 9.88 Å². The summed E-state index contributed by atoms with van der Waals surface area (Å²) in [4.78, 5) is 19.0. The van der Waals surface area contributed by atoms with E-state index in [0.717, 1.165) is 10.3 Å². The van der Waals surface area contributed by atoms with Crippen LogP contribution in [0.4, 0.5) is 5.13 Å². The molecule has 4 rings (SSSR count). The summed E-state index contributed by atoms with van der Waals surface area (Å²) >= 11 is 1.19. The van der Waals surface area contributed by atoms with Crippen molar-refractivity contribution in [3.63, 3.8) is 0 Å². The van der Waals surface area contributed by atoms with Crippen LogP contribution in [0.15, 0.2) is 83.8 Å². The van der Waals surface area contributed by atoms with E-state index in [1.807, 2.05) is 30.3 Å². The lowest BCUT2D eigenvalue weighted by Crippen LogP contribution is -2.26. The molecule has 0 aliphatic carbocycles. The molecule has 0 aliphatic heterocycles. The van der Waals surface area contributed by atoms with Gasteiger partial charge in [-0.2, -0.15) is 0 Å². The van der Waals surface area contributed by atoms with E-state index in [-0.39, 0.29) is 15.9 Å². The smallest absolute Gasteiger partial charge is 0.263 e. The number of rotatable bonds is 6. The minimum absolute atomic E-state index is 0.111. The van der Waals surface area contributed by atoms with Crippen molar-refractivity contribution in [2.45, 2.75) is 11.4 Å². The number of hydrogen-bond acceptors (Lipinski definition) is 5.